The Morgan fingerprint density at radius 3 is 2.48 bits per heavy atom. The molecule has 2 aromatic rings. The van der Waals surface area contributed by atoms with Crippen LogP contribution in [0.1, 0.15) is 24.2 Å². The number of hydrogen-bond donors (Lipinski definition) is 3. The summed E-state index contributed by atoms with van der Waals surface area (Å²) >= 11 is 0. The molecule has 140 valence electrons. The van der Waals surface area contributed by atoms with Gasteiger partial charge >= 0.3 is 11.9 Å². The summed E-state index contributed by atoms with van der Waals surface area (Å²) in [5.74, 6) is -1.60. The second-order valence-electron chi connectivity index (χ2n) is 5.76. The van der Waals surface area contributed by atoms with Crippen molar-refractivity contribution >= 4 is 18.0 Å². The number of aliphatic carboxylic acids is 1. The summed E-state index contributed by atoms with van der Waals surface area (Å²) in [6.07, 6.45) is 0.377. The number of carbonyl (C=O) groups excluding carboxylic acids is 1. The summed E-state index contributed by atoms with van der Waals surface area (Å²) in [6, 6.07) is 8.83. The average molecular weight is 372 g/mol. The van der Waals surface area contributed by atoms with Crippen LogP contribution in [0.25, 0.3) is 6.08 Å². The summed E-state index contributed by atoms with van der Waals surface area (Å²) in [6.45, 7) is 1.23. The van der Waals surface area contributed by atoms with E-state index in [9.17, 15) is 19.8 Å². The molecule has 3 N–H and O–H groups in total. The minimum atomic E-state index is -1.08. The van der Waals surface area contributed by atoms with E-state index in [1.165, 1.54) is 31.2 Å². The molecule has 0 aromatic heterocycles. The van der Waals surface area contributed by atoms with Gasteiger partial charge in [-0.2, -0.15) is 0 Å². The molecule has 0 bridgehead atoms. The van der Waals surface area contributed by atoms with Gasteiger partial charge in [0, 0.05) is 18.6 Å². The van der Waals surface area contributed by atoms with Gasteiger partial charge in [0.15, 0.2) is 23.0 Å². The lowest BCUT2D eigenvalue weighted by atomic mass is 10.1. The summed E-state index contributed by atoms with van der Waals surface area (Å²) in [7, 11) is 0. The fourth-order valence-electron chi connectivity index (χ4n) is 2.56. The number of benzene rings is 2. The van der Waals surface area contributed by atoms with Gasteiger partial charge in [0.05, 0.1) is 0 Å². The lowest BCUT2D eigenvalue weighted by molar-refractivity contribution is -0.160. The predicted molar refractivity (Wildman–Crippen MR) is 92.4 cm³/mol. The first-order valence-corrected chi connectivity index (χ1v) is 7.91. The molecule has 2 aromatic carbocycles. The van der Waals surface area contributed by atoms with Gasteiger partial charge in [0.1, 0.15) is 0 Å². The number of carboxylic acid groups (broad SMARTS) is 1. The van der Waals surface area contributed by atoms with Crippen molar-refractivity contribution < 1.29 is 39.1 Å². The normalized spacial score (nSPS) is 16.3. The van der Waals surface area contributed by atoms with Crippen molar-refractivity contribution in [2.24, 2.45) is 0 Å². The SMILES string of the molecule is CC(=O)O[C@H](c1ccc(O)c(O)c1)[C@H]1Oc2ccc(/C=C/C(=O)O)cc2O1. The number of aromatic hydroxyl groups is 2. The fourth-order valence-corrected chi connectivity index (χ4v) is 2.56. The molecule has 0 unspecified atom stereocenters. The van der Waals surface area contributed by atoms with Crippen LogP contribution < -0.4 is 9.47 Å². The molecule has 1 aliphatic rings. The molecule has 0 amide bonds. The van der Waals surface area contributed by atoms with Crippen molar-refractivity contribution in [1.82, 2.24) is 0 Å². The Balaban J connectivity index is 1.86. The molecule has 8 nitrogen and oxygen atoms in total. The van der Waals surface area contributed by atoms with Gasteiger partial charge in [-0.1, -0.05) is 12.1 Å². The van der Waals surface area contributed by atoms with Crippen molar-refractivity contribution in [1.29, 1.82) is 0 Å². The third-order valence-corrected chi connectivity index (χ3v) is 3.74. The minimum Gasteiger partial charge on any atom is -0.504 e. The van der Waals surface area contributed by atoms with E-state index in [4.69, 9.17) is 19.3 Å². The van der Waals surface area contributed by atoms with Crippen molar-refractivity contribution in [2.75, 3.05) is 0 Å². The summed E-state index contributed by atoms with van der Waals surface area (Å²) in [4.78, 5) is 22.1. The molecule has 0 spiro atoms. The second kappa shape index (κ2) is 7.28. The number of carboxylic acids is 1. The largest absolute Gasteiger partial charge is 0.504 e. The topological polar surface area (TPSA) is 123 Å². The number of esters is 1. The number of hydrogen-bond acceptors (Lipinski definition) is 7. The number of phenols is 2. The van der Waals surface area contributed by atoms with E-state index in [1.54, 1.807) is 18.2 Å². The van der Waals surface area contributed by atoms with Gasteiger partial charge in [-0.15, -0.1) is 0 Å². The van der Waals surface area contributed by atoms with E-state index in [0.717, 1.165) is 6.08 Å². The van der Waals surface area contributed by atoms with Crippen LogP contribution in [0.4, 0.5) is 0 Å². The zero-order chi connectivity index (χ0) is 19.6. The van der Waals surface area contributed by atoms with Gasteiger partial charge in [0.2, 0.25) is 6.10 Å². The molecule has 0 saturated carbocycles. The Labute approximate surface area is 153 Å². The highest BCUT2D eigenvalue weighted by Gasteiger charge is 2.36. The maximum Gasteiger partial charge on any atom is 0.328 e. The summed E-state index contributed by atoms with van der Waals surface area (Å²) < 4.78 is 16.7. The van der Waals surface area contributed by atoms with Crippen molar-refractivity contribution in [2.45, 2.75) is 19.3 Å². The third kappa shape index (κ3) is 4.12. The molecule has 0 saturated heterocycles. The second-order valence-corrected chi connectivity index (χ2v) is 5.76. The lowest BCUT2D eigenvalue weighted by Gasteiger charge is -2.22. The number of fused-ring (bicyclic) bond motifs is 1. The molecule has 3 rings (SSSR count). The number of phenolic OH excluding ortho intramolecular Hbond substituents is 2. The molecule has 1 heterocycles. The van der Waals surface area contributed by atoms with Crippen LogP contribution in [0.5, 0.6) is 23.0 Å². The molecule has 2 atom stereocenters. The van der Waals surface area contributed by atoms with Crippen LogP contribution in [0.3, 0.4) is 0 Å². The van der Waals surface area contributed by atoms with E-state index in [1.807, 2.05) is 0 Å². The molecule has 1 aliphatic heterocycles. The molecular weight excluding hydrogens is 356 g/mol. The molecule has 0 fully saturated rings. The molecule has 0 aliphatic carbocycles. The molecule has 8 heteroatoms. The van der Waals surface area contributed by atoms with E-state index >= 15 is 0 Å². The van der Waals surface area contributed by atoms with Crippen LogP contribution in [0.2, 0.25) is 0 Å². The van der Waals surface area contributed by atoms with Gasteiger partial charge in [-0.05, 0) is 35.9 Å². The highest BCUT2D eigenvalue weighted by Crippen LogP contribution is 2.41. The van der Waals surface area contributed by atoms with Crippen LogP contribution in [0.15, 0.2) is 42.5 Å². The molecular formula is C19H16O8. The van der Waals surface area contributed by atoms with E-state index in [2.05, 4.69) is 0 Å². The number of ether oxygens (including phenoxy) is 3. The number of carbonyl (C=O) groups is 2. The van der Waals surface area contributed by atoms with Gasteiger partial charge < -0.3 is 29.5 Å². The van der Waals surface area contributed by atoms with Gasteiger partial charge in [0.25, 0.3) is 6.29 Å². The minimum absolute atomic E-state index is 0.313. The molecule has 27 heavy (non-hydrogen) atoms. The Hall–Kier alpha value is -3.68. The summed E-state index contributed by atoms with van der Waals surface area (Å²) in [5, 5.41) is 27.9. The van der Waals surface area contributed by atoms with Crippen molar-refractivity contribution in [3.05, 3.63) is 53.6 Å². The van der Waals surface area contributed by atoms with Crippen molar-refractivity contribution in [3.63, 3.8) is 0 Å². The predicted octanol–water partition coefficient (Wildman–Crippen LogP) is 2.60. The lowest BCUT2D eigenvalue weighted by Crippen LogP contribution is -2.30. The Kier molecular flexibility index (Phi) is 4.89. The standard InChI is InChI=1S/C19H16O8/c1-10(20)25-18(12-4-5-13(21)14(22)9-12)19-26-15-6-2-11(3-7-17(23)24)8-16(15)27-19/h2-9,18-19,21-22H,1H3,(H,23,24)/b7-3+/t18-,19+/m1/s1. The maximum atomic E-state index is 11.5. The Morgan fingerprint density at radius 1 is 1.07 bits per heavy atom. The van der Waals surface area contributed by atoms with Crippen LogP contribution in [-0.4, -0.2) is 33.5 Å². The van der Waals surface area contributed by atoms with E-state index < -0.39 is 24.3 Å². The Morgan fingerprint density at radius 2 is 1.81 bits per heavy atom. The first-order chi connectivity index (χ1) is 12.8. The zero-order valence-corrected chi connectivity index (χ0v) is 14.2. The summed E-state index contributed by atoms with van der Waals surface area (Å²) in [5.41, 5.74) is 0.955. The van der Waals surface area contributed by atoms with Crippen LogP contribution in [-0.2, 0) is 14.3 Å². The van der Waals surface area contributed by atoms with Crippen LogP contribution in [0, 0.1) is 0 Å². The first-order valence-electron chi connectivity index (χ1n) is 7.91. The van der Waals surface area contributed by atoms with Crippen LogP contribution >= 0.6 is 0 Å². The van der Waals surface area contributed by atoms with Crippen molar-refractivity contribution in [3.8, 4) is 23.0 Å². The molecule has 0 radical (unpaired) electrons. The quantitative estimate of drug-likeness (QED) is 0.416. The van der Waals surface area contributed by atoms with E-state index in [-0.39, 0.29) is 11.5 Å². The highest BCUT2D eigenvalue weighted by molar-refractivity contribution is 5.85. The Bertz CT molecular complexity index is 918. The average Bonchev–Trinajstić information content (AvgIpc) is 3.03. The third-order valence-electron chi connectivity index (χ3n) is 3.74. The van der Waals surface area contributed by atoms with Gasteiger partial charge in [-0.3, -0.25) is 4.79 Å². The maximum absolute atomic E-state index is 11.5. The van der Waals surface area contributed by atoms with E-state index in [0.29, 0.717) is 22.6 Å². The smallest absolute Gasteiger partial charge is 0.328 e. The highest BCUT2D eigenvalue weighted by atomic mass is 16.7. The fraction of sp³-hybridized carbons (Fsp3) is 0.158. The van der Waals surface area contributed by atoms with Gasteiger partial charge in [-0.25, -0.2) is 4.79 Å². The monoisotopic (exact) mass is 372 g/mol. The first kappa shape index (κ1) is 18.1. The zero-order valence-electron chi connectivity index (χ0n) is 14.2. The number of rotatable bonds is 5.